The van der Waals surface area contributed by atoms with Gasteiger partial charge in [0.15, 0.2) is 5.82 Å². The van der Waals surface area contributed by atoms with Gasteiger partial charge in [-0.25, -0.2) is 0 Å². The molecule has 3 rings (SSSR count). The molecule has 1 saturated heterocycles. The molecule has 1 aromatic rings. The van der Waals surface area contributed by atoms with Crippen molar-refractivity contribution in [3.05, 3.63) is 23.6 Å². The number of aromatic nitrogens is 2. The first kappa shape index (κ1) is 15.6. The number of hydrogen-bond donors (Lipinski definition) is 1. The standard InChI is InChI=1S/C16H22N4O3/c1-11-14(4-3-9-23-11)16(22)19-7-5-13(10-19)20-8-6-15(18-20)17-12(2)21/h6,8,13H,3-5,7,9-10H2,1-2H3,(H,17,18,21). The van der Waals surface area contributed by atoms with Gasteiger partial charge in [0, 0.05) is 32.3 Å². The van der Waals surface area contributed by atoms with Crippen LogP contribution in [-0.4, -0.2) is 46.2 Å². The van der Waals surface area contributed by atoms with Crippen LogP contribution in [0.15, 0.2) is 23.6 Å². The lowest BCUT2D eigenvalue weighted by atomic mass is 10.1. The van der Waals surface area contributed by atoms with E-state index in [0.29, 0.717) is 19.0 Å². The Morgan fingerprint density at radius 1 is 1.43 bits per heavy atom. The van der Waals surface area contributed by atoms with Crippen molar-refractivity contribution in [1.82, 2.24) is 14.7 Å². The maximum absolute atomic E-state index is 12.6. The summed E-state index contributed by atoms with van der Waals surface area (Å²) in [5.41, 5.74) is 0.802. The Morgan fingerprint density at radius 2 is 2.26 bits per heavy atom. The second-order valence-electron chi connectivity index (χ2n) is 6.04. The number of likely N-dealkylation sites (tertiary alicyclic amines) is 1. The van der Waals surface area contributed by atoms with E-state index in [-0.39, 0.29) is 17.9 Å². The molecule has 0 aliphatic carbocycles. The summed E-state index contributed by atoms with van der Waals surface area (Å²) in [7, 11) is 0. The van der Waals surface area contributed by atoms with E-state index in [9.17, 15) is 9.59 Å². The SMILES string of the molecule is CC(=O)Nc1ccn(C2CCN(C(=O)C3=C(C)OCCC3)C2)n1. The van der Waals surface area contributed by atoms with Crippen molar-refractivity contribution in [3.8, 4) is 0 Å². The van der Waals surface area contributed by atoms with Crippen LogP contribution in [-0.2, 0) is 14.3 Å². The summed E-state index contributed by atoms with van der Waals surface area (Å²) in [6, 6.07) is 1.92. The van der Waals surface area contributed by atoms with Crippen molar-refractivity contribution in [2.45, 2.75) is 39.2 Å². The Hall–Kier alpha value is -2.31. The number of carbonyl (C=O) groups is 2. The van der Waals surface area contributed by atoms with Crippen molar-refractivity contribution in [3.63, 3.8) is 0 Å². The fourth-order valence-electron chi connectivity index (χ4n) is 3.12. The zero-order chi connectivity index (χ0) is 16.4. The Labute approximate surface area is 135 Å². The number of nitrogens with one attached hydrogen (secondary N) is 1. The quantitative estimate of drug-likeness (QED) is 0.920. The van der Waals surface area contributed by atoms with Crippen LogP contribution in [0, 0.1) is 0 Å². The van der Waals surface area contributed by atoms with Crippen molar-refractivity contribution in [2.24, 2.45) is 0 Å². The predicted octanol–water partition coefficient (Wildman–Crippen LogP) is 1.70. The summed E-state index contributed by atoms with van der Waals surface area (Å²) < 4.78 is 7.33. The fraction of sp³-hybridized carbons (Fsp3) is 0.562. The van der Waals surface area contributed by atoms with Gasteiger partial charge in [-0.1, -0.05) is 0 Å². The van der Waals surface area contributed by atoms with Gasteiger partial charge < -0.3 is 15.0 Å². The summed E-state index contributed by atoms with van der Waals surface area (Å²) in [4.78, 5) is 25.6. The first-order valence-corrected chi connectivity index (χ1v) is 7.99. The molecule has 1 aromatic heterocycles. The number of hydrogen-bond acceptors (Lipinski definition) is 4. The van der Waals surface area contributed by atoms with Gasteiger partial charge in [0.1, 0.15) is 5.76 Å². The molecular weight excluding hydrogens is 296 g/mol. The highest BCUT2D eigenvalue weighted by Crippen LogP contribution is 2.27. The van der Waals surface area contributed by atoms with Gasteiger partial charge in [-0.15, -0.1) is 0 Å². The molecule has 1 atom stereocenters. The molecule has 1 unspecified atom stereocenters. The van der Waals surface area contributed by atoms with E-state index < -0.39 is 0 Å². The number of nitrogens with zero attached hydrogens (tertiary/aromatic N) is 3. The van der Waals surface area contributed by atoms with Gasteiger partial charge >= 0.3 is 0 Å². The first-order chi connectivity index (χ1) is 11.0. The van der Waals surface area contributed by atoms with Crippen molar-refractivity contribution in [1.29, 1.82) is 0 Å². The molecular formula is C16H22N4O3. The monoisotopic (exact) mass is 318 g/mol. The molecule has 0 radical (unpaired) electrons. The largest absolute Gasteiger partial charge is 0.498 e. The van der Waals surface area contributed by atoms with Gasteiger partial charge in [0.05, 0.1) is 18.2 Å². The molecule has 23 heavy (non-hydrogen) atoms. The Morgan fingerprint density at radius 3 is 3.00 bits per heavy atom. The van der Waals surface area contributed by atoms with Gasteiger partial charge in [-0.05, 0) is 26.2 Å². The summed E-state index contributed by atoms with van der Waals surface area (Å²) in [6.07, 6.45) is 4.40. The number of rotatable bonds is 3. The molecule has 0 aromatic carbocycles. The normalized spacial score (nSPS) is 21.3. The van der Waals surface area contributed by atoms with Crippen LogP contribution in [0.4, 0.5) is 5.82 Å². The molecule has 0 spiro atoms. The van der Waals surface area contributed by atoms with E-state index in [1.807, 2.05) is 22.7 Å². The van der Waals surface area contributed by atoms with Crippen LogP contribution < -0.4 is 5.32 Å². The molecule has 1 fully saturated rings. The number of allylic oxidation sites excluding steroid dienone is 1. The van der Waals surface area contributed by atoms with E-state index in [0.717, 1.165) is 37.1 Å². The Bertz CT molecular complexity index is 650. The van der Waals surface area contributed by atoms with Gasteiger partial charge in [0.2, 0.25) is 5.91 Å². The fourth-order valence-corrected chi connectivity index (χ4v) is 3.12. The number of carbonyl (C=O) groups excluding carboxylic acids is 2. The molecule has 2 aliphatic rings. The lowest BCUT2D eigenvalue weighted by Crippen LogP contribution is -2.32. The van der Waals surface area contributed by atoms with E-state index in [1.165, 1.54) is 6.92 Å². The van der Waals surface area contributed by atoms with Crippen LogP contribution in [0.25, 0.3) is 0 Å². The second kappa shape index (κ2) is 6.44. The molecule has 7 heteroatoms. The smallest absolute Gasteiger partial charge is 0.253 e. The zero-order valence-corrected chi connectivity index (χ0v) is 13.5. The van der Waals surface area contributed by atoms with E-state index in [2.05, 4.69) is 10.4 Å². The summed E-state index contributed by atoms with van der Waals surface area (Å²) in [6.45, 7) is 5.38. The average molecular weight is 318 g/mol. The number of amides is 2. The number of ether oxygens (including phenoxy) is 1. The Kier molecular flexibility index (Phi) is 4.36. The Balaban J connectivity index is 1.65. The van der Waals surface area contributed by atoms with Gasteiger partial charge in [-0.3, -0.25) is 14.3 Å². The molecule has 3 heterocycles. The zero-order valence-electron chi connectivity index (χ0n) is 13.5. The molecule has 1 N–H and O–H groups in total. The third-order valence-corrected chi connectivity index (χ3v) is 4.31. The summed E-state index contributed by atoms with van der Waals surface area (Å²) in [5.74, 6) is 1.25. The molecule has 0 saturated carbocycles. The first-order valence-electron chi connectivity index (χ1n) is 7.99. The highest BCUT2D eigenvalue weighted by molar-refractivity contribution is 5.94. The summed E-state index contributed by atoms with van der Waals surface area (Å²) in [5, 5.41) is 7.03. The third kappa shape index (κ3) is 3.38. The number of anilines is 1. The van der Waals surface area contributed by atoms with Gasteiger partial charge in [-0.2, -0.15) is 5.10 Å². The lowest BCUT2D eigenvalue weighted by molar-refractivity contribution is -0.127. The maximum Gasteiger partial charge on any atom is 0.253 e. The van der Waals surface area contributed by atoms with Crippen LogP contribution in [0.1, 0.15) is 39.2 Å². The highest BCUT2D eigenvalue weighted by atomic mass is 16.5. The minimum atomic E-state index is -0.141. The third-order valence-electron chi connectivity index (χ3n) is 4.31. The maximum atomic E-state index is 12.6. The molecule has 2 amide bonds. The van der Waals surface area contributed by atoms with Crippen LogP contribution in [0.2, 0.25) is 0 Å². The summed E-state index contributed by atoms with van der Waals surface area (Å²) >= 11 is 0. The molecule has 124 valence electrons. The predicted molar refractivity (Wildman–Crippen MR) is 84.7 cm³/mol. The molecule has 2 aliphatic heterocycles. The van der Waals surface area contributed by atoms with Gasteiger partial charge in [0.25, 0.3) is 5.91 Å². The van der Waals surface area contributed by atoms with E-state index in [4.69, 9.17) is 4.74 Å². The van der Waals surface area contributed by atoms with Crippen molar-refractivity contribution < 1.29 is 14.3 Å². The average Bonchev–Trinajstić information content (AvgIpc) is 3.15. The van der Waals surface area contributed by atoms with Crippen molar-refractivity contribution >= 4 is 17.6 Å². The van der Waals surface area contributed by atoms with Crippen LogP contribution >= 0.6 is 0 Å². The molecule has 0 bridgehead atoms. The minimum Gasteiger partial charge on any atom is -0.498 e. The van der Waals surface area contributed by atoms with E-state index in [1.54, 1.807) is 6.07 Å². The van der Waals surface area contributed by atoms with E-state index >= 15 is 0 Å². The highest BCUT2D eigenvalue weighted by Gasteiger charge is 2.31. The topological polar surface area (TPSA) is 76.5 Å². The van der Waals surface area contributed by atoms with Crippen molar-refractivity contribution in [2.75, 3.05) is 25.0 Å². The van der Waals surface area contributed by atoms with Crippen LogP contribution in [0.3, 0.4) is 0 Å². The minimum absolute atomic E-state index is 0.0824. The second-order valence-corrected chi connectivity index (χ2v) is 6.04. The molecule has 7 nitrogen and oxygen atoms in total. The lowest BCUT2D eigenvalue weighted by Gasteiger charge is -2.23. The van der Waals surface area contributed by atoms with Crippen LogP contribution in [0.5, 0.6) is 0 Å².